The van der Waals surface area contributed by atoms with Crippen molar-refractivity contribution >= 4 is 28.5 Å². The molecule has 1 N–H and O–H groups in total. The second kappa shape index (κ2) is 3.89. The molecule has 1 aromatic carbocycles. The normalized spacial score (nSPS) is 10.8. The topological polar surface area (TPSA) is 59.3 Å². The van der Waals surface area contributed by atoms with E-state index in [9.17, 15) is 9.59 Å². The Morgan fingerprint density at radius 2 is 2.06 bits per heavy atom. The first kappa shape index (κ1) is 11.7. The monoisotopic (exact) mass is 251 g/mol. The van der Waals surface area contributed by atoms with Gasteiger partial charge in [-0.05, 0) is 24.6 Å². The lowest BCUT2D eigenvalue weighted by molar-refractivity contribution is 0.0695. The highest BCUT2D eigenvalue weighted by molar-refractivity contribution is 6.32. The number of carboxylic acids is 1. The summed E-state index contributed by atoms with van der Waals surface area (Å²) in [7, 11) is 1.68. The van der Waals surface area contributed by atoms with E-state index in [-0.39, 0.29) is 5.56 Å². The van der Waals surface area contributed by atoms with Crippen LogP contribution in [0, 0.1) is 6.92 Å². The van der Waals surface area contributed by atoms with Gasteiger partial charge in [0.1, 0.15) is 5.56 Å². The third-order valence-electron chi connectivity index (χ3n) is 2.70. The molecular weight excluding hydrogens is 242 g/mol. The van der Waals surface area contributed by atoms with E-state index in [4.69, 9.17) is 16.7 Å². The van der Waals surface area contributed by atoms with E-state index in [1.807, 2.05) is 0 Å². The van der Waals surface area contributed by atoms with Gasteiger partial charge in [-0.1, -0.05) is 11.6 Å². The number of aromatic nitrogens is 1. The fourth-order valence-electron chi connectivity index (χ4n) is 1.76. The third-order valence-corrected chi connectivity index (χ3v) is 3.11. The van der Waals surface area contributed by atoms with Gasteiger partial charge in [-0.3, -0.25) is 4.79 Å². The van der Waals surface area contributed by atoms with Crippen molar-refractivity contribution < 1.29 is 9.90 Å². The number of halogens is 1. The SMILES string of the molecule is Cc1cc2c(=O)c(C(=O)O)cn(C)c2cc1Cl. The fourth-order valence-corrected chi connectivity index (χ4v) is 1.92. The summed E-state index contributed by atoms with van der Waals surface area (Å²) in [6.07, 6.45) is 1.30. The minimum atomic E-state index is -1.22. The van der Waals surface area contributed by atoms with Crippen LogP contribution in [0.5, 0.6) is 0 Å². The van der Waals surface area contributed by atoms with Crippen LogP contribution < -0.4 is 5.43 Å². The maximum atomic E-state index is 11.9. The van der Waals surface area contributed by atoms with Crippen molar-refractivity contribution in [2.24, 2.45) is 7.05 Å². The minimum Gasteiger partial charge on any atom is -0.477 e. The first-order valence-corrected chi connectivity index (χ1v) is 5.32. The van der Waals surface area contributed by atoms with Crippen molar-refractivity contribution in [1.82, 2.24) is 4.57 Å². The molecule has 0 atom stereocenters. The summed E-state index contributed by atoms with van der Waals surface area (Å²) >= 11 is 5.98. The Bertz CT molecular complexity index is 688. The van der Waals surface area contributed by atoms with Crippen molar-refractivity contribution in [3.05, 3.63) is 44.7 Å². The number of carboxylic acid groups (broad SMARTS) is 1. The molecule has 88 valence electrons. The zero-order valence-electron chi connectivity index (χ0n) is 9.32. The number of carbonyl (C=O) groups is 1. The predicted octanol–water partition coefficient (Wildman–Crippen LogP) is 2.20. The molecule has 2 aromatic rings. The Kier molecular flexibility index (Phi) is 2.67. The smallest absolute Gasteiger partial charge is 0.341 e. The molecule has 2 rings (SSSR count). The third kappa shape index (κ3) is 1.80. The Hall–Kier alpha value is -1.81. The van der Waals surface area contributed by atoms with Crippen LogP contribution in [-0.2, 0) is 7.05 Å². The van der Waals surface area contributed by atoms with Gasteiger partial charge >= 0.3 is 5.97 Å². The van der Waals surface area contributed by atoms with E-state index in [0.29, 0.717) is 15.9 Å². The maximum Gasteiger partial charge on any atom is 0.341 e. The van der Waals surface area contributed by atoms with Gasteiger partial charge in [-0.25, -0.2) is 4.79 Å². The second-order valence-corrected chi connectivity index (χ2v) is 4.31. The van der Waals surface area contributed by atoms with E-state index in [0.717, 1.165) is 5.56 Å². The van der Waals surface area contributed by atoms with Crippen LogP contribution in [0.4, 0.5) is 0 Å². The maximum absolute atomic E-state index is 11.9. The number of hydrogen-bond donors (Lipinski definition) is 1. The van der Waals surface area contributed by atoms with Crippen LogP contribution in [0.3, 0.4) is 0 Å². The molecule has 0 amide bonds. The molecule has 0 unspecified atom stereocenters. The zero-order valence-corrected chi connectivity index (χ0v) is 10.1. The van der Waals surface area contributed by atoms with Gasteiger partial charge in [0.25, 0.3) is 0 Å². The lowest BCUT2D eigenvalue weighted by Gasteiger charge is -2.08. The summed E-state index contributed by atoms with van der Waals surface area (Å²) in [5.41, 5.74) is 0.654. The molecule has 0 saturated carbocycles. The number of nitrogens with zero attached hydrogens (tertiary/aromatic N) is 1. The largest absolute Gasteiger partial charge is 0.477 e. The molecule has 0 aliphatic carbocycles. The molecule has 0 aliphatic heterocycles. The Morgan fingerprint density at radius 1 is 1.41 bits per heavy atom. The Balaban J connectivity index is 2.99. The van der Waals surface area contributed by atoms with Crippen LogP contribution in [-0.4, -0.2) is 15.6 Å². The average molecular weight is 252 g/mol. The molecule has 4 nitrogen and oxygen atoms in total. The summed E-state index contributed by atoms with van der Waals surface area (Å²) in [6.45, 7) is 1.77. The highest BCUT2D eigenvalue weighted by atomic mass is 35.5. The fraction of sp³-hybridized carbons (Fsp3) is 0.167. The van der Waals surface area contributed by atoms with E-state index in [1.165, 1.54) is 6.20 Å². The lowest BCUT2D eigenvalue weighted by Crippen LogP contribution is -2.17. The average Bonchev–Trinajstić information content (AvgIpc) is 2.25. The highest BCUT2D eigenvalue weighted by Crippen LogP contribution is 2.21. The van der Waals surface area contributed by atoms with E-state index in [1.54, 1.807) is 30.7 Å². The summed E-state index contributed by atoms with van der Waals surface area (Å²) in [4.78, 5) is 22.9. The number of pyridine rings is 1. The van der Waals surface area contributed by atoms with Gasteiger partial charge in [-0.2, -0.15) is 0 Å². The minimum absolute atomic E-state index is 0.235. The van der Waals surface area contributed by atoms with E-state index >= 15 is 0 Å². The molecule has 17 heavy (non-hydrogen) atoms. The van der Waals surface area contributed by atoms with Crippen LogP contribution in [0.15, 0.2) is 23.1 Å². The summed E-state index contributed by atoms with van der Waals surface area (Å²) in [5.74, 6) is -1.22. The van der Waals surface area contributed by atoms with Crippen LogP contribution in [0.25, 0.3) is 10.9 Å². The van der Waals surface area contributed by atoms with Crippen molar-refractivity contribution in [2.45, 2.75) is 6.92 Å². The lowest BCUT2D eigenvalue weighted by atomic mass is 10.1. The van der Waals surface area contributed by atoms with Gasteiger partial charge in [-0.15, -0.1) is 0 Å². The van der Waals surface area contributed by atoms with E-state index in [2.05, 4.69) is 0 Å². The van der Waals surface area contributed by atoms with Gasteiger partial charge in [0, 0.05) is 23.7 Å². The van der Waals surface area contributed by atoms with Gasteiger partial charge in [0.15, 0.2) is 0 Å². The molecule has 0 bridgehead atoms. The molecule has 0 spiro atoms. The van der Waals surface area contributed by atoms with Crippen molar-refractivity contribution in [1.29, 1.82) is 0 Å². The Labute approximate surface area is 102 Å². The number of fused-ring (bicyclic) bond motifs is 1. The van der Waals surface area contributed by atoms with Gasteiger partial charge in [0.05, 0.1) is 5.52 Å². The molecule has 0 aliphatic rings. The predicted molar refractivity (Wildman–Crippen MR) is 65.9 cm³/mol. The standard InChI is InChI=1S/C12H10ClNO3/c1-6-3-7-10(4-9(6)13)14(2)5-8(11(7)15)12(16)17/h3-5H,1-2H3,(H,16,17). The number of aryl methyl sites for hydroxylation is 2. The molecule has 5 heteroatoms. The first-order valence-electron chi connectivity index (χ1n) is 4.94. The van der Waals surface area contributed by atoms with Crippen LogP contribution in [0.2, 0.25) is 5.02 Å². The van der Waals surface area contributed by atoms with Gasteiger partial charge in [0.2, 0.25) is 5.43 Å². The number of benzene rings is 1. The second-order valence-electron chi connectivity index (χ2n) is 3.91. The molecule has 0 radical (unpaired) electrons. The quantitative estimate of drug-likeness (QED) is 0.845. The molecular formula is C12H10ClNO3. The molecule has 1 aromatic heterocycles. The number of hydrogen-bond acceptors (Lipinski definition) is 2. The van der Waals surface area contributed by atoms with Crippen molar-refractivity contribution in [3.8, 4) is 0 Å². The summed E-state index contributed by atoms with van der Waals surface area (Å²) in [5, 5.41) is 9.86. The molecule has 0 fully saturated rings. The van der Waals surface area contributed by atoms with Crippen molar-refractivity contribution in [2.75, 3.05) is 0 Å². The van der Waals surface area contributed by atoms with Crippen LogP contribution in [0.1, 0.15) is 15.9 Å². The van der Waals surface area contributed by atoms with Crippen LogP contribution >= 0.6 is 11.6 Å². The molecule has 0 saturated heterocycles. The number of aromatic carboxylic acids is 1. The summed E-state index contributed by atoms with van der Waals surface area (Å²) < 4.78 is 1.59. The first-order chi connectivity index (χ1) is 7.91. The zero-order chi connectivity index (χ0) is 12.7. The highest BCUT2D eigenvalue weighted by Gasteiger charge is 2.14. The summed E-state index contributed by atoms with van der Waals surface area (Å²) in [6, 6.07) is 3.28. The van der Waals surface area contributed by atoms with E-state index < -0.39 is 11.4 Å². The van der Waals surface area contributed by atoms with Gasteiger partial charge < -0.3 is 9.67 Å². The molecule has 1 heterocycles. The Morgan fingerprint density at radius 3 is 2.65 bits per heavy atom. The van der Waals surface area contributed by atoms with Crippen molar-refractivity contribution in [3.63, 3.8) is 0 Å². The number of rotatable bonds is 1.